The zero-order chi connectivity index (χ0) is 20.3. The van der Waals surface area contributed by atoms with Crippen LogP contribution in [-0.4, -0.2) is 38.7 Å². The molecule has 2 aromatic carbocycles. The zero-order valence-electron chi connectivity index (χ0n) is 14.9. The maximum absolute atomic E-state index is 12.9. The van der Waals surface area contributed by atoms with Crippen molar-refractivity contribution in [1.82, 2.24) is 4.72 Å². The number of ether oxygens (including phenoxy) is 1. The van der Waals surface area contributed by atoms with E-state index in [1.54, 1.807) is 18.2 Å². The van der Waals surface area contributed by atoms with E-state index in [-0.39, 0.29) is 29.3 Å². The molecule has 1 aliphatic heterocycles. The third kappa shape index (κ3) is 4.25. The van der Waals surface area contributed by atoms with E-state index in [0.717, 1.165) is 12.1 Å². The van der Waals surface area contributed by atoms with Crippen LogP contribution >= 0.6 is 0 Å². The van der Waals surface area contributed by atoms with Crippen LogP contribution in [0.5, 0.6) is 0 Å². The fourth-order valence-corrected chi connectivity index (χ4v) is 3.92. The van der Waals surface area contributed by atoms with Gasteiger partial charge in [0, 0.05) is 11.1 Å². The van der Waals surface area contributed by atoms with Crippen LogP contribution in [0.25, 0.3) is 0 Å². The van der Waals surface area contributed by atoms with E-state index in [4.69, 9.17) is 4.74 Å². The molecule has 0 saturated heterocycles. The van der Waals surface area contributed by atoms with E-state index in [1.807, 2.05) is 0 Å². The summed E-state index contributed by atoms with van der Waals surface area (Å²) in [6, 6.07) is 11.3. The van der Waals surface area contributed by atoms with Crippen molar-refractivity contribution < 1.29 is 27.1 Å². The minimum Gasteiger partial charge on any atom is -0.454 e. The Morgan fingerprint density at radius 2 is 1.82 bits per heavy atom. The second kappa shape index (κ2) is 7.89. The average molecular weight is 404 g/mol. The average Bonchev–Trinajstić information content (AvgIpc) is 2.92. The van der Waals surface area contributed by atoms with Gasteiger partial charge in [-0.05, 0) is 43.3 Å². The molecule has 0 saturated carbocycles. The highest BCUT2D eigenvalue weighted by atomic mass is 32.2. The minimum atomic E-state index is -3.64. The number of esters is 1. The normalized spacial score (nSPS) is 16.9. The standard InChI is InChI=1S/C19H17FN2O5S/c1-12(18(24)13-6-8-14(20)9-7-13)27-17(23)10-11-21-19-15-4-2-3-5-16(15)28(25,26)22-19/h2-9,12H,10-11H2,1H3,(H,21,22)/t12-/m1/s1. The SMILES string of the molecule is C[C@@H](OC(=O)CCN=C1NS(=O)(=O)c2ccccc21)C(=O)c1ccc(F)cc1. The van der Waals surface area contributed by atoms with Crippen molar-refractivity contribution in [3.8, 4) is 0 Å². The van der Waals surface area contributed by atoms with E-state index in [9.17, 15) is 22.4 Å². The van der Waals surface area contributed by atoms with Gasteiger partial charge in [-0.15, -0.1) is 0 Å². The topological polar surface area (TPSA) is 102 Å². The van der Waals surface area contributed by atoms with Crippen molar-refractivity contribution >= 4 is 27.6 Å². The number of carbonyl (C=O) groups is 2. The van der Waals surface area contributed by atoms with Gasteiger partial charge in [0.2, 0.25) is 5.78 Å². The minimum absolute atomic E-state index is 0.0114. The van der Waals surface area contributed by atoms with Gasteiger partial charge in [-0.1, -0.05) is 12.1 Å². The van der Waals surface area contributed by atoms with Crippen LogP contribution in [0.3, 0.4) is 0 Å². The number of nitrogens with zero attached hydrogens (tertiary/aromatic N) is 1. The quantitative estimate of drug-likeness (QED) is 0.587. The molecule has 3 rings (SSSR count). The molecule has 0 unspecified atom stereocenters. The molecule has 0 radical (unpaired) electrons. The van der Waals surface area contributed by atoms with Gasteiger partial charge >= 0.3 is 5.97 Å². The summed E-state index contributed by atoms with van der Waals surface area (Å²) in [4.78, 5) is 28.4. The highest BCUT2D eigenvalue weighted by Crippen LogP contribution is 2.22. The molecule has 28 heavy (non-hydrogen) atoms. The molecule has 0 bridgehead atoms. The first kappa shape index (κ1) is 19.7. The Labute approximate surface area is 161 Å². The fourth-order valence-electron chi connectivity index (χ4n) is 2.67. The van der Waals surface area contributed by atoms with Gasteiger partial charge in [-0.3, -0.25) is 19.3 Å². The van der Waals surface area contributed by atoms with Crippen molar-refractivity contribution in [2.75, 3.05) is 6.54 Å². The molecule has 1 aliphatic rings. The molecule has 1 atom stereocenters. The lowest BCUT2D eigenvalue weighted by Crippen LogP contribution is -2.25. The number of Topliss-reactive ketones (excluding diaryl/α,β-unsaturated/α-hetero) is 1. The maximum Gasteiger partial charge on any atom is 0.308 e. The van der Waals surface area contributed by atoms with Crippen molar-refractivity contribution in [3.63, 3.8) is 0 Å². The molecule has 0 fully saturated rings. The summed E-state index contributed by atoms with van der Waals surface area (Å²) in [5.74, 6) is -1.40. The van der Waals surface area contributed by atoms with Crippen LogP contribution < -0.4 is 4.72 Å². The van der Waals surface area contributed by atoms with Crippen LogP contribution in [-0.2, 0) is 19.6 Å². The Bertz CT molecular complexity index is 1050. The van der Waals surface area contributed by atoms with Gasteiger partial charge in [0.25, 0.3) is 10.0 Å². The fraction of sp³-hybridized carbons (Fsp3) is 0.211. The number of amidine groups is 1. The number of halogens is 1. The molecule has 1 heterocycles. The Morgan fingerprint density at radius 3 is 2.54 bits per heavy atom. The number of hydrogen-bond donors (Lipinski definition) is 1. The van der Waals surface area contributed by atoms with Gasteiger partial charge in [0.05, 0.1) is 17.9 Å². The molecule has 0 spiro atoms. The van der Waals surface area contributed by atoms with Gasteiger partial charge < -0.3 is 4.74 Å². The van der Waals surface area contributed by atoms with E-state index < -0.39 is 33.7 Å². The number of benzene rings is 2. The van der Waals surface area contributed by atoms with Crippen molar-refractivity contribution in [1.29, 1.82) is 0 Å². The zero-order valence-corrected chi connectivity index (χ0v) is 15.7. The molecule has 0 amide bonds. The van der Waals surface area contributed by atoms with Crippen molar-refractivity contribution in [3.05, 3.63) is 65.5 Å². The summed E-state index contributed by atoms with van der Waals surface area (Å²) >= 11 is 0. The Hall–Kier alpha value is -3.07. The largest absolute Gasteiger partial charge is 0.454 e. The van der Waals surface area contributed by atoms with Gasteiger partial charge in [-0.25, -0.2) is 12.8 Å². The second-order valence-electron chi connectivity index (χ2n) is 6.09. The highest BCUT2D eigenvalue weighted by molar-refractivity contribution is 7.90. The number of nitrogens with one attached hydrogen (secondary N) is 1. The van der Waals surface area contributed by atoms with Crippen LogP contribution in [0.1, 0.15) is 29.3 Å². The molecule has 146 valence electrons. The molecular weight excluding hydrogens is 387 g/mol. The Morgan fingerprint density at radius 1 is 1.14 bits per heavy atom. The Kier molecular flexibility index (Phi) is 5.55. The lowest BCUT2D eigenvalue weighted by atomic mass is 10.1. The number of hydrogen-bond acceptors (Lipinski definition) is 6. The predicted molar refractivity (Wildman–Crippen MR) is 99.1 cm³/mol. The number of sulfonamides is 1. The summed E-state index contributed by atoms with van der Waals surface area (Å²) in [6.07, 6.45) is -1.16. The van der Waals surface area contributed by atoms with Gasteiger partial charge in [0.15, 0.2) is 6.10 Å². The highest BCUT2D eigenvalue weighted by Gasteiger charge is 2.30. The summed E-state index contributed by atoms with van der Waals surface area (Å²) in [5.41, 5.74) is 0.676. The van der Waals surface area contributed by atoms with Crippen LogP contribution in [0.15, 0.2) is 58.4 Å². The number of ketones is 1. The number of carbonyl (C=O) groups excluding carboxylic acids is 2. The molecule has 9 heteroatoms. The number of aliphatic imine (C=N–C) groups is 1. The van der Waals surface area contributed by atoms with E-state index in [1.165, 1.54) is 25.1 Å². The lowest BCUT2D eigenvalue weighted by Gasteiger charge is -2.12. The monoisotopic (exact) mass is 404 g/mol. The first-order chi connectivity index (χ1) is 13.3. The van der Waals surface area contributed by atoms with Crippen LogP contribution in [0, 0.1) is 5.82 Å². The first-order valence-corrected chi connectivity index (χ1v) is 9.92. The van der Waals surface area contributed by atoms with Crippen molar-refractivity contribution in [2.24, 2.45) is 4.99 Å². The molecule has 2 aromatic rings. The third-order valence-corrected chi connectivity index (χ3v) is 5.45. The second-order valence-corrected chi connectivity index (χ2v) is 7.74. The van der Waals surface area contributed by atoms with Crippen LogP contribution in [0.2, 0.25) is 0 Å². The molecule has 1 N–H and O–H groups in total. The lowest BCUT2D eigenvalue weighted by molar-refractivity contribution is -0.146. The summed E-state index contributed by atoms with van der Waals surface area (Å²) in [7, 11) is -3.64. The van der Waals surface area contributed by atoms with Crippen molar-refractivity contribution in [2.45, 2.75) is 24.3 Å². The summed E-state index contributed by atoms with van der Waals surface area (Å²) < 4.78 is 44.3. The summed E-state index contributed by atoms with van der Waals surface area (Å²) in [6.45, 7) is 1.42. The van der Waals surface area contributed by atoms with E-state index in [2.05, 4.69) is 9.71 Å². The maximum atomic E-state index is 12.9. The number of rotatable bonds is 6. The van der Waals surface area contributed by atoms with E-state index >= 15 is 0 Å². The van der Waals surface area contributed by atoms with Gasteiger partial charge in [-0.2, -0.15) is 0 Å². The Balaban J connectivity index is 1.57. The van der Waals surface area contributed by atoms with E-state index in [0.29, 0.717) is 5.56 Å². The summed E-state index contributed by atoms with van der Waals surface area (Å²) in [5, 5.41) is 0. The molecule has 7 nitrogen and oxygen atoms in total. The molecule has 0 aliphatic carbocycles. The van der Waals surface area contributed by atoms with Gasteiger partial charge in [0.1, 0.15) is 11.7 Å². The van der Waals surface area contributed by atoms with Crippen LogP contribution in [0.4, 0.5) is 4.39 Å². The molecule has 0 aromatic heterocycles. The number of fused-ring (bicyclic) bond motifs is 1. The first-order valence-electron chi connectivity index (χ1n) is 8.44. The smallest absolute Gasteiger partial charge is 0.308 e. The molecular formula is C19H17FN2O5S. The predicted octanol–water partition coefficient (Wildman–Crippen LogP) is 2.07. The third-order valence-electron chi connectivity index (χ3n) is 4.05.